The topological polar surface area (TPSA) is 129 Å². The van der Waals surface area contributed by atoms with E-state index < -0.39 is 0 Å². The maximum Gasteiger partial charge on any atom is 0.306 e. The van der Waals surface area contributed by atoms with Crippen LogP contribution in [-0.4, -0.2) is 74.7 Å². The summed E-state index contributed by atoms with van der Waals surface area (Å²) in [6.45, 7) is 13.3. The Labute approximate surface area is 379 Å². The molecule has 0 amide bonds. The van der Waals surface area contributed by atoms with Crippen LogP contribution in [0.2, 0.25) is 0 Å². The third kappa shape index (κ3) is 42.8. The van der Waals surface area contributed by atoms with E-state index in [1.165, 1.54) is 193 Å². The van der Waals surface area contributed by atoms with Crippen molar-refractivity contribution < 1.29 is 19.4 Å². The summed E-state index contributed by atoms with van der Waals surface area (Å²) in [6, 6.07) is 0. The molecule has 0 fully saturated rings. The summed E-state index contributed by atoms with van der Waals surface area (Å²) < 4.78 is 6.10. The summed E-state index contributed by atoms with van der Waals surface area (Å²) in [5.74, 6) is 1.78. The van der Waals surface area contributed by atoms with E-state index in [0.29, 0.717) is 6.42 Å². The van der Waals surface area contributed by atoms with Crippen LogP contribution in [0.4, 0.5) is 0 Å². The third-order valence-corrected chi connectivity index (χ3v) is 12.4. The molecule has 0 spiro atoms. The average Bonchev–Trinajstić information content (AvgIpc) is 3.26. The first-order valence-electron chi connectivity index (χ1n) is 26.2. The standard InChI is InChI=1S/C51H103N5O2.CH2O2/c1-7-11-14-17-22-29-37-47(10-4)38-30-23-20-27-34-43-56(45-36-42-55-49(46-52)51(53-5)54-6)44-35-28-21-26-33-41-50(57)58-48(39-31-24-18-15-12-8-2)40-32-25-19-16-13-9-3;2-1-3/h46-48,55H,7-45,52H2,1-6H3,(H,53,54);1H,(H,2,3)/b49-46+;. The molecule has 9 nitrogen and oxygen atoms in total. The number of carboxylic acid groups (broad SMARTS) is 1. The van der Waals surface area contributed by atoms with E-state index in [1.807, 2.05) is 7.05 Å². The molecule has 0 rings (SSSR count). The molecular weight excluding hydrogens is 759 g/mol. The molecule has 0 heterocycles. The second-order valence-corrected chi connectivity index (χ2v) is 17.8. The number of amidine groups is 1. The molecule has 0 aromatic rings. The number of esters is 1. The number of hydrogen-bond acceptors (Lipinski definition) is 7. The zero-order valence-corrected chi connectivity index (χ0v) is 41.5. The van der Waals surface area contributed by atoms with Gasteiger partial charge in [0.25, 0.3) is 6.47 Å². The number of hydrogen-bond donors (Lipinski definition) is 4. The van der Waals surface area contributed by atoms with Crippen LogP contribution < -0.4 is 16.4 Å². The number of nitrogens with two attached hydrogens (primary N) is 1. The van der Waals surface area contributed by atoms with Gasteiger partial charge in [0.05, 0.1) is 5.70 Å². The number of likely N-dealkylation sites (N-methyl/N-ethyl adjacent to an activating group) is 1. The summed E-state index contributed by atoms with van der Waals surface area (Å²) in [7, 11) is 3.67. The lowest BCUT2D eigenvalue weighted by Gasteiger charge is -2.23. The van der Waals surface area contributed by atoms with Crippen molar-refractivity contribution in [2.75, 3.05) is 40.3 Å². The average molecular weight is 864 g/mol. The van der Waals surface area contributed by atoms with Gasteiger partial charge in [-0.05, 0) is 76.9 Å². The first-order chi connectivity index (χ1) is 29.9. The van der Waals surface area contributed by atoms with Crippen molar-refractivity contribution in [3.63, 3.8) is 0 Å². The summed E-state index contributed by atoms with van der Waals surface area (Å²) >= 11 is 0. The van der Waals surface area contributed by atoms with Crippen LogP contribution in [0.25, 0.3) is 0 Å². The molecular formula is C52H105N5O4. The molecule has 0 aliphatic heterocycles. The van der Waals surface area contributed by atoms with E-state index in [0.717, 1.165) is 69.2 Å². The molecule has 5 N–H and O–H groups in total. The first-order valence-corrected chi connectivity index (χ1v) is 26.2. The molecule has 9 heteroatoms. The molecule has 0 saturated carbocycles. The van der Waals surface area contributed by atoms with Crippen molar-refractivity contribution in [2.24, 2.45) is 16.6 Å². The van der Waals surface area contributed by atoms with Gasteiger partial charge >= 0.3 is 5.97 Å². The van der Waals surface area contributed by atoms with E-state index in [4.69, 9.17) is 20.4 Å². The van der Waals surface area contributed by atoms with Crippen LogP contribution in [0.1, 0.15) is 252 Å². The Morgan fingerprint density at radius 2 is 1.02 bits per heavy atom. The first kappa shape index (κ1) is 60.8. The van der Waals surface area contributed by atoms with Crippen LogP contribution >= 0.6 is 0 Å². The van der Waals surface area contributed by atoms with E-state index >= 15 is 0 Å². The van der Waals surface area contributed by atoms with Gasteiger partial charge in [-0.15, -0.1) is 0 Å². The fourth-order valence-corrected chi connectivity index (χ4v) is 8.46. The lowest BCUT2D eigenvalue weighted by atomic mass is 9.92. The summed E-state index contributed by atoms with van der Waals surface area (Å²) in [6.07, 6.45) is 46.3. The quantitative estimate of drug-likeness (QED) is 0.0157. The molecule has 0 aromatic carbocycles. The smallest absolute Gasteiger partial charge is 0.306 e. The van der Waals surface area contributed by atoms with Crippen LogP contribution in [0, 0.1) is 5.92 Å². The largest absolute Gasteiger partial charge is 0.483 e. The van der Waals surface area contributed by atoms with E-state index in [9.17, 15) is 4.79 Å². The molecule has 0 aliphatic rings. The summed E-state index contributed by atoms with van der Waals surface area (Å²) in [5.41, 5.74) is 6.75. The Kier molecular flexibility index (Phi) is 50.2. The molecule has 0 radical (unpaired) electrons. The van der Waals surface area contributed by atoms with Gasteiger partial charge in [-0.3, -0.25) is 14.6 Å². The number of carbonyl (C=O) groups excluding carboxylic acids is 1. The number of carbonyl (C=O) groups is 2. The highest BCUT2D eigenvalue weighted by Gasteiger charge is 2.15. The minimum absolute atomic E-state index is 0.0415. The Morgan fingerprint density at radius 1 is 0.623 bits per heavy atom. The number of aliphatic imine (C=N–C) groups is 1. The van der Waals surface area contributed by atoms with Crippen molar-refractivity contribution in [3.05, 3.63) is 11.9 Å². The van der Waals surface area contributed by atoms with Gasteiger partial charge in [-0.2, -0.15) is 0 Å². The van der Waals surface area contributed by atoms with Gasteiger partial charge in [0, 0.05) is 33.3 Å². The van der Waals surface area contributed by atoms with Crippen molar-refractivity contribution >= 4 is 18.3 Å². The molecule has 0 aromatic heterocycles. The van der Waals surface area contributed by atoms with E-state index in [2.05, 4.69) is 48.2 Å². The predicted molar refractivity (Wildman–Crippen MR) is 265 cm³/mol. The number of nitrogens with zero attached hydrogens (tertiary/aromatic N) is 2. The SMILES string of the molecule is CCCCCCCCC(CC)CCCCCCCN(CCCCCCCC(=O)OC(CCCCCCCC)CCCCCCCC)CCCN/C(=C/N)C(=NC)NC.O=CO. The van der Waals surface area contributed by atoms with Crippen LogP contribution in [0.15, 0.2) is 16.9 Å². The minimum atomic E-state index is -0.250. The van der Waals surface area contributed by atoms with E-state index in [-0.39, 0.29) is 18.5 Å². The molecule has 61 heavy (non-hydrogen) atoms. The van der Waals surface area contributed by atoms with Crippen LogP contribution in [0.3, 0.4) is 0 Å². The van der Waals surface area contributed by atoms with Gasteiger partial charge in [0.1, 0.15) is 11.9 Å². The fourth-order valence-electron chi connectivity index (χ4n) is 8.46. The summed E-state index contributed by atoms with van der Waals surface area (Å²) in [5, 5.41) is 13.5. The van der Waals surface area contributed by atoms with Gasteiger partial charge in [0.2, 0.25) is 0 Å². The predicted octanol–water partition coefficient (Wildman–Crippen LogP) is 13.9. The van der Waals surface area contributed by atoms with Gasteiger partial charge in [0.15, 0.2) is 0 Å². The minimum Gasteiger partial charge on any atom is -0.483 e. The Balaban J connectivity index is 0. The second kappa shape index (κ2) is 50.4. The number of nitrogens with one attached hydrogen (secondary N) is 2. The Bertz CT molecular complexity index is 961. The highest BCUT2D eigenvalue weighted by Crippen LogP contribution is 2.22. The Morgan fingerprint density at radius 3 is 1.43 bits per heavy atom. The zero-order chi connectivity index (χ0) is 45.3. The van der Waals surface area contributed by atoms with Gasteiger partial charge in [-0.1, -0.05) is 195 Å². The van der Waals surface area contributed by atoms with Crippen molar-refractivity contribution in [2.45, 2.75) is 259 Å². The number of rotatable bonds is 45. The van der Waals surface area contributed by atoms with Gasteiger partial charge in [-0.25, -0.2) is 0 Å². The van der Waals surface area contributed by atoms with Gasteiger partial charge < -0.3 is 31.1 Å². The van der Waals surface area contributed by atoms with Crippen LogP contribution in [-0.2, 0) is 14.3 Å². The molecule has 362 valence electrons. The Hall–Kier alpha value is -2.29. The lowest BCUT2D eigenvalue weighted by molar-refractivity contribution is -0.150. The lowest BCUT2D eigenvalue weighted by Crippen LogP contribution is -2.33. The van der Waals surface area contributed by atoms with Crippen molar-refractivity contribution in [3.8, 4) is 0 Å². The highest BCUT2D eigenvalue weighted by molar-refractivity contribution is 5.97. The van der Waals surface area contributed by atoms with Crippen molar-refractivity contribution in [1.82, 2.24) is 15.5 Å². The molecule has 0 bridgehead atoms. The maximum absolute atomic E-state index is 12.9. The summed E-state index contributed by atoms with van der Waals surface area (Å²) in [4.78, 5) is 28.2. The number of ether oxygens (including phenoxy) is 1. The third-order valence-electron chi connectivity index (χ3n) is 12.4. The molecule has 0 saturated heterocycles. The second-order valence-electron chi connectivity index (χ2n) is 17.8. The van der Waals surface area contributed by atoms with E-state index in [1.54, 1.807) is 13.2 Å². The maximum atomic E-state index is 12.9. The molecule has 0 aliphatic carbocycles. The zero-order valence-electron chi connectivity index (χ0n) is 41.5. The number of unbranched alkanes of at least 4 members (excludes halogenated alkanes) is 23. The normalized spacial score (nSPS) is 12.4. The van der Waals surface area contributed by atoms with Crippen molar-refractivity contribution in [1.29, 1.82) is 0 Å². The van der Waals surface area contributed by atoms with Crippen LogP contribution in [0.5, 0.6) is 0 Å². The molecule has 1 unspecified atom stereocenters. The highest BCUT2D eigenvalue weighted by atomic mass is 16.5. The fraction of sp³-hybridized carbons (Fsp3) is 0.904. The monoisotopic (exact) mass is 864 g/mol. The molecule has 1 atom stereocenters.